The van der Waals surface area contributed by atoms with E-state index in [0.29, 0.717) is 11.6 Å². The first-order chi connectivity index (χ1) is 10.2. The lowest BCUT2D eigenvalue weighted by molar-refractivity contribution is 0.411. The van der Waals surface area contributed by atoms with E-state index in [1.807, 2.05) is 36.1 Å². The lowest BCUT2D eigenvalue weighted by atomic mass is 9.92. The summed E-state index contributed by atoms with van der Waals surface area (Å²) in [7, 11) is 2.01. The lowest BCUT2D eigenvalue weighted by Gasteiger charge is -2.27. The summed E-state index contributed by atoms with van der Waals surface area (Å²) >= 11 is 0. The summed E-state index contributed by atoms with van der Waals surface area (Å²) in [6.45, 7) is 2.15. The Balaban J connectivity index is 1.79. The van der Waals surface area contributed by atoms with Crippen molar-refractivity contribution in [2.75, 3.05) is 0 Å². The van der Waals surface area contributed by atoms with Crippen molar-refractivity contribution in [3.8, 4) is 6.07 Å². The van der Waals surface area contributed by atoms with Crippen LogP contribution in [0.2, 0.25) is 0 Å². The van der Waals surface area contributed by atoms with E-state index < -0.39 is 0 Å². The maximum Gasteiger partial charge on any atom is 0.0991 e. The van der Waals surface area contributed by atoms with Crippen LogP contribution in [0.3, 0.4) is 0 Å². The molecule has 108 valence electrons. The summed E-state index contributed by atoms with van der Waals surface area (Å²) in [6.07, 6.45) is 5.43. The van der Waals surface area contributed by atoms with Gasteiger partial charge in [-0.05, 0) is 43.9 Å². The van der Waals surface area contributed by atoms with E-state index in [1.165, 1.54) is 17.7 Å². The molecule has 2 atom stereocenters. The van der Waals surface area contributed by atoms with Gasteiger partial charge in [0, 0.05) is 30.4 Å². The molecule has 21 heavy (non-hydrogen) atoms. The minimum absolute atomic E-state index is 0.217. The molecule has 1 aromatic heterocycles. The highest BCUT2D eigenvalue weighted by molar-refractivity contribution is 5.34. The van der Waals surface area contributed by atoms with Crippen LogP contribution in [0.25, 0.3) is 0 Å². The summed E-state index contributed by atoms with van der Waals surface area (Å²) < 4.78 is 1.99. The van der Waals surface area contributed by atoms with E-state index in [2.05, 4.69) is 29.5 Å². The van der Waals surface area contributed by atoms with E-state index in [4.69, 9.17) is 5.26 Å². The molecule has 1 aliphatic carbocycles. The first-order valence-electron chi connectivity index (χ1n) is 7.46. The van der Waals surface area contributed by atoms with E-state index in [-0.39, 0.29) is 6.04 Å². The van der Waals surface area contributed by atoms with Crippen LogP contribution in [0.15, 0.2) is 30.5 Å². The van der Waals surface area contributed by atoms with Gasteiger partial charge in [0.2, 0.25) is 0 Å². The van der Waals surface area contributed by atoms with Gasteiger partial charge in [-0.2, -0.15) is 10.4 Å². The second-order valence-electron chi connectivity index (χ2n) is 5.74. The maximum atomic E-state index is 9.02. The van der Waals surface area contributed by atoms with Crippen molar-refractivity contribution < 1.29 is 0 Å². The Morgan fingerprint density at radius 1 is 1.48 bits per heavy atom. The van der Waals surface area contributed by atoms with E-state index in [9.17, 15) is 0 Å². The van der Waals surface area contributed by atoms with Gasteiger partial charge in [0.25, 0.3) is 0 Å². The van der Waals surface area contributed by atoms with Crippen molar-refractivity contribution in [2.24, 2.45) is 7.05 Å². The first kappa shape index (κ1) is 13.8. The van der Waals surface area contributed by atoms with Crippen LogP contribution in [0.1, 0.15) is 54.2 Å². The fourth-order valence-corrected chi connectivity index (χ4v) is 3.15. The van der Waals surface area contributed by atoms with E-state index in [1.54, 1.807) is 0 Å². The van der Waals surface area contributed by atoms with Crippen molar-refractivity contribution in [3.63, 3.8) is 0 Å². The summed E-state index contributed by atoms with van der Waals surface area (Å²) in [5, 5.41) is 17.1. The number of aromatic nitrogens is 2. The monoisotopic (exact) mass is 280 g/mol. The zero-order chi connectivity index (χ0) is 14.8. The number of benzene rings is 1. The number of aryl methyl sites for hydroxylation is 1. The molecule has 1 N–H and O–H groups in total. The van der Waals surface area contributed by atoms with Gasteiger partial charge in [0.05, 0.1) is 17.8 Å². The van der Waals surface area contributed by atoms with Crippen LogP contribution >= 0.6 is 0 Å². The molecule has 1 aromatic carbocycles. The Hall–Kier alpha value is -2.12. The zero-order valence-electron chi connectivity index (χ0n) is 12.5. The normalized spacial score (nSPS) is 18.8. The van der Waals surface area contributed by atoms with Gasteiger partial charge in [-0.1, -0.05) is 12.1 Å². The van der Waals surface area contributed by atoms with Crippen molar-refractivity contribution >= 4 is 0 Å². The number of hydrogen-bond acceptors (Lipinski definition) is 3. The van der Waals surface area contributed by atoms with Gasteiger partial charge >= 0.3 is 0 Å². The standard InChI is InChI=1S/C17H20N4/c1-12(14-6-3-5-13(9-14)10-18)20-16-7-4-8-17-15(16)11-19-21(17)2/h3,5-6,9,11-12,16,20H,4,7-8H2,1-2H3. The zero-order valence-corrected chi connectivity index (χ0v) is 12.5. The highest BCUT2D eigenvalue weighted by atomic mass is 15.3. The van der Waals surface area contributed by atoms with Crippen LogP contribution < -0.4 is 5.32 Å². The minimum atomic E-state index is 0.217. The van der Waals surface area contributed by atoms with Crippen molar-refractivity contribution in [3.05, 3.63) is 52.8 Å². The molecule has 2 unspecified atom stereocenters. The average molecular weight is 280 g/mol. The van der Waals surface area contributed by atoms with Gasteiger partial charge in [-0.25, -0.2) is 0 Å². The number of nitrogens with zero attached hydrogens (tertiary/aromatic N) is 3. The summed E-state index contributed by atoms with van der Waals surface area (Å²) in [5.74, 6) is 0. The average Bonchev–Trinajstić information content (AvgIpc) is 2.90. The molecule has 0 saturated carbocycles. The van der Waals surface area contributed by atoms with E-state index >= 15 is 0 Å². The quantitative estimate of drug-likeness (QED) is 0.940. The van der Waals surface area contributed by atoms with Gasteiger partial charge in [-0.3, -0.25) is 4.68 Å². The third-order valence-electron chi connectivity index (χ3n) is 4.34. The number of fused-ring (bicyclic) bond motifs is 1. The second kappa shape index (κ2) is 5.71. The molecule has 0 amide bonds. The highest BCUT2D eigenvalue weighted by Gasteiger charge is 2.24. The fraction of sp³-hybridized carbons (Fsp3) is 0.412. The molecule has 0 spiro atoms. The Bertz CT molecular complexity index is 680. The third-order valence-corrected chi connectivity index (χ3v) is 4.34. The Morgan fingerprint density at radius 3 is 3.14 bits per heavy atom. The SMILES string of the molecule is CC(NC1CCCc2c1cnn2C)c1cccc(C#N)c1. The smallest absolute Gasteiger partial charge is 0.0991 e. The number of nitrogens with one attached hydrogen (secondary N) is 1. The van der Waals surface area contributed by atoms with Crippen LogP contribution in [-0.4, -0.2) is 9.78 Å². The van der Waals surface area contributed by atoms with Crippen molar-refractivity contribution in [1.82, 2.24) is 15.1 Å². The third kappa shape index (κ3) is 2.70. The molecule has 1 aliphatic rings. The molecule has 0 aliphatic heterocycles. The second-order valence-corrected chi connectivity index (χ2v) is 5.74. The molecule has 1 heterocycles. The summed E-state index contributed by atoms with van der Waals surface area (Å²) in [4.78, 5) is 0. The largest absolute Gasteiger partial charge is 0.303 e. The molecule has 0 fully saturated rings. The molecular weight excluding hydrogens is 260 g/mol. The molecule has 0 saturated heterocycles. The van der Waals surface area contributed by atoms with Crippen molar-refractivity contribution in [1.29, 1.82) is 5.26 Å². The Labute approximate surface area is 125 Å². The topological polar surface area (TPSA) is 53.6 Å². The van der Waals surface area contributed by atoms with Gasteiger partial charge in [0.15, 0.2) is 0 Å². The maximum absolute atomic E-state index is 9.02. The lowest BCUT2D eigenvalue weighted by Crippen LogP contribution is -2.27. The van der Waals surface area contributed by atoms with Crippen LogP contribution in [0.4, 0.5) is 0 Å². The van der Waals surface area contributed by atoms with Gasteiger partial charge in [0.1, 0.15) is 0 Å². The molecule has 3 rings (SSSR count). The van der Waals surface area contributed by atoms with Crippen molar-refractivity contribution in [2.45, 2.75) is 38.3 Å². The predicted molar refractivity (Wildman–Crippen MR) is 81.6 cm³/mol. The van der Waals surface area contributed by atoms with Crippen LogP contribution in [0, 0.1) is 11.3 Å². The molecule has 2 aromatic rings. The van der Waals surface area contributed by atoms with Crippen LogP contribution in [-0.2, 0) is 13.5 Å². The molecule has 4 heteroatoms. The Kier molecular flexibility index (Phi) is 3.76. The molecule has 0 bridgehead atoms. The Morgan fingerprint density at radius 2 is 2.33 bits per heavy atom. The molecular formula is C17H20N4. The van der Waals surface area contributed by atoms with E-state index in [0.717, 1.165) is 18.4 Å². The van der Waals surface area contributed by atoms with Gasteiger partial charge < -0.3 is 5.32 Å². The van der Waals surface area contributed by atoms with Crippen LogP contribution in [0.5, 0.6) is 0 Å². The minimum Gasteiger partial charge on any atom is -0.303 e. The first-order valence-corrected chi connectivity index (χ1v) is 7.46. The fourth-order valence-electron chi connectivity index (χ4n) is 3.15. The van der Waals surface area contributed by atoms with Gasteiger partial charge in [-0.15, -0.1) is 0 Å². The summed E-state index contributed by atoms with van der Waals surface area (Å²) in [6, 6.07) is 10.6. The number of rotatable bonds is 3. The number of hydrogen-bond donors (Lipinski definition) is 1. The number of nitriles is 1. The summed E-state index contributed by atoms with van der Waals surface area (Å²) in [5.41, 5.74) is 4.54. The molecule has 4 nitrogen and oxygen atoms in total. The highest BCUT2D eigenvalue weighted by Crippen LogP contribution is 2.31. The predicted octanol–water partition coefficient (Wildman–Crippen LogP) is 3.02. The molecule has 0 radical (unpaired) electrons.